The van der Waals surface area contributed by atoms with Crippen LogP contribution >= 0.6 is 22.7 Å². The smallest absolute Gasteiger partial charge is 0.206 e. The van der Waals surface area contributed by atoms with Gasteiger partial charge in [0.05, 0.1) is 0 Å². The summed E-state index contributed by atoms with van der Waals surface area (Å²) in [6.07, 6.45) is 1.96. The molecule has 1 aliphatic rings. The summed E-state index contributed by atoms with van der Waals surface area (Å²) in [4.78, 5) is 1.03. The molecule has 2 aromatic rings. The van der Waals surface area contributed by atoms with Gasteiger partial charge in [-0.25, -0.2) is 8.42 Å². The molecule has 0 saturated heterocycles. The zero-order valence-electron chi connectivity index (χ0n) is 10.6. The fourth-order valence-corrected chi connectivity index (χ4v) is 5.75. The summed E-state index contributed by atoms with van der Waals surface area (Å²) in [5, 5.41) is 4.01. The van der Waals surface area contributed by atoms with Gasteiger partial charge >= 0.3 is 0 Å². The van der Waals surface area contributed by atoms with Crippen molar-refractivity contribution < 1.29 is 8.42 Å². The van der Waals surface area contributed by atoms with Gasteiger partial charge in [-0.15, -0.1) is 11.3 Å². The number of sulfonamides is 1. The lowest BCUT2D eigenvalue weighted by Crippen LogP contribution is -2.32. The molecule has 0 atom stereocenters. The van der Waals surface area contributed by atoms with Gasteiger partial charge in [0.1, 0.15) is 4.21 Å². The minimum atomic E-state index is -3.34. The first-order valence-corrected chi connectivity index (χ1v) is 9.36. The molecule has 102 valence electrons. The molecule has 6 heteroatoms. The van der Waals surface area contributed by atoms with Crippen LogP contribution in [0.5, 0.6) is 0 Å². The van der Waals surface area contributed by atoms with Gasteiger partial charge in [0.2, 0.25) is 0 Å². The maximum atomic E-state index is 12.7. The molecule has 3 rings (SSSR count). The average molecular weight is 313 g/mol. The summed E-state index contributed by atoms with van der Waals surface area (Å²) in [5.74, 6) is 0. The van der Waals surface area contributed by atoms with E-state index in [-0.39, 0.29) is 6.04 Å². The van der Waals surface area contributed by atoms with Crippen LogP contribution in [0, 0.1) is 6.92 Å². The molecule has 0 N–H and O–H groups in total. The third-order valence-corrected chi connectivity index (χ3v) is 7.25. The predicted octanol–water partition coefficient (Wildman–Crippen LogP) is 3.47. The number of nitrogens with zero attached hydrogens (tertiary/aromatic N) is 1. The first-order chi connectivity index (χ1) is 9.07. The molecule has 0 amide bonds. The molecule has 1 aliphatic carbocycles. The van der Waals surface area contributed by atoms with Crippen LogP contribution in [0.25, 0.3) is 0 Å². The topological polar surface area (TPSA) is 37.4 Å². The predicted molar refractivity (Wildman–Crippen MR) is 79.1 cm³/mol. The fraction of sp³-hybridized carbons (Fsp3) is 0.385. The van der Waals surface area contributed by atoms with Gasteiger partial charge < -0.3 is 0 Å². The van der Waals surface area contributed by atoms with Crippen LogP contribution in [0.4, 0.5) is 0 Å². The summed E-state index contributed by atoms with van der Waals surface area (Å²) < 4.78 is 27.5. The van der Waals surface area contributed by atoms with E-state index in [1.165, 1.54) is 11.3 Å². The van der Waals surface area contributed by atoms with Crippen molar-refractivity contribution in [3.05, 3.63) is 39.4 Å². The molecule has 0 aromatic carbocycles. The molecule has 3 nitrogen and oxygen atoms in total. The highest BCUT2D eigenvalue weighted by Crippen LogP contribution is 2.35. The highest BCUT2D eigenvalue weighted by molar-refractivity contribution is 7.91. The molecule has 0 unspecified atom stereocenters. The molecular weight excluding hydrogens is 298 g/mol. The van der Waals surface area contributed by atoms with Crippen LogP contribution in [0.15, 0.2) is 33.2 Å². The van der Waals surface area contributed by atoms with Crippen molar-refractivity contribution in [1.82, 2.24) is 4.31 Å². The normalized spacial score (nSPS) is 16.1. The minimum absolute atomic E-state index is 0.187. The number of rotatable bonds is 5. The van der Waals surface area contributed by atoms with Crippen molar-refractivity contribution in [3.63, 3.8) is 0 Å². The molecule has 2 heterocycles. The van der Waals surface area contributed by atoms with Crippen molar-refractivity contribution in [2.75, 3.05) is 0 Å². The SMILES string of the molecule is Cc1ccc(S(=O)(=O)N(Cc2ccsc2)C2CC2)s1. The summed E-state index contributed by atoms with van der Waals surface area (Å²) in [6, 6.07) is 5.77. The second-order valence-electron chi connectivity index (χ2n) is 4.78. The number of hydrogen-bond acceptors (Lipinski definition) is 4. The minimum Gasteiger partial charge on any atom is -0.206 e. The quantitative estimate of drug-likeness (QED) is 0.847. The third kappa shape index (κ3) is 2.76. The second-order valence-corrected chi connectivity index (χ2v) is 8.96. The summed E-state index contributed by atoms with van der Waals surface area (Å²) in [5.41, 5.74) is 1.08. The Morgan fingerprint density at radius 3 is 2.63 bits per heavy atom. The van der Waals surface area contributed by atoms with Gasteiger partial charge in [-0.3, -0.25) is 0 Å². The van der Waals surface area contributed by atoms with Crippen molar-refractivity contribution in [1.29, 1.82) is 0 Å². The molecule has 19 heavy (non-hydrogen) atoms. The Balaban J connectivity index is 1.91. The highest BCUT2D eigenvalue weighted by atomic mass is 32.2. The monoisotopic (exact) mass is 313 g/mol. The molecule has 0 radical (unpaired) electrons. The largest absolute Gasteiger partial charge is 0.253 e. The van der Waals surface area contributed by atoms with Crippen LogP contribution in [0.3, 0.4) is 0 Å². The number of thiophene rings is 2. The van der Waals surface area contributed by atoms with Gasteiger partial charge in [0.25, 0.3) is 10.0 Å². The zero-order valence-corrected chi connectivity index (χ0v) is 13.0. The first-order valence-electron chi connectivity index (χ1n) is 6.17. The Labute approximate surface area is 121 Å². The summed E-state index contributed by atoms with van der Waals surface area (Å²) in [7, 11) is -3.34. The summed E-state index contributed by atoms with van der Waals surface area (Å²) in [6.45, 7) is 2.43. The van der Waals surface area contributed by atoms with Gasteiger partial charge in [0.15, 0.2) is 0 Å². The van der Waals surface area contributed by atoms with Crippen LogP contribution in [-0.4, -0.2) is 18.8 Å². The maximum absolute atomic E-state index is 12.7. The van der Waals surface area contributed by atoms with Crippen LogP contribution in [0.2, 0.25) is 0 Å². The molecule has 1 fully saturated rings. The standard InChI is InChI=1S/C13H15NO2S3/c1-10-2-5-13(18-10)19(15,16)14(12-3-4-12)8-11-6-7-17-9-11/h2,5-7,9,12H,3-4,8H2,1H3. The van der Waals surface area contributed by atoms with E-state index in [0.29, 0.717) is 10.8 Å². The van der Waals surface area contributed by atoms with Crippen molar-refractivity contribution in [2.45, 2.75) is 36.6 Å². The Kier molecular flexibility index (Phi) is 3.51. The average Bonchev–Trinajstić information content (AvgIpc) is 2.88. The maximum Gasteiger partial charge on any atom is 0.253 e. The molecular formula is C13H15NO2S3. The summed E-state index contributed by atoms with van der Waals surface area (Å²) >= 11 is 2.96. The number of hydrogen-bond donors (Lipinski definition) is 0. The van der Waals surface area contributed by atoms with E-state index >= 15 is 0 Å². The van der Waals surface area contributed by atoms with Crippen LogP contribution in [-0.2, 0) is 16.6 Å². The Bertz CT molecular complexity index is 654. The molecule has 0 aliphatic heterocycles. The van der Waals surface area contributed by atoms with E-state index in [1.54, 1.807) is 21.7 Å². The van der Waals surface area contributed by atoms with Gasteiger partial charge in [-0.2, -0.15) is 15.6 Å². The van der Waals surface area contributed by atoms with E-state index in [1.807, 2.05) is 29.8 Å². The van der Waals surface area contributed by atoms with Crippen LogP contribution in [0.1, 0.15) is 23.3 Å². The van der Waals surface area contributed by atoms with Gasteiger partial charge in [0, 0.05) is 17.5 Å². The van der Waals surface area contributed by atoms with E-state index < -0.39 is 10.0 Å². The second kappa shape index (κ2) is 5.01. The first kappa shape index (κ1) is 13.3. The Hall–Kier alpha value is -0.690. The van der Waals surface area contributed by atoms with Gasteiger partial charge in [-0.05, 0) is 54.3 Å². The number of aryl methyl sites for hydroxylation is 1. The highest BCUT2D eigenvalue weighted by Gasteiger charge is 2.38. The van der Waals surface area contributed by atoms with Crippen molar-refractivity contribution in [2.24, 2.45) is 0 Å². The third-order valence-electron chi connectivity index (χ3n) is 3.15. The van der Waals surface area contributed by atoms with Gasteiger partial charge in [-0.1, -0.05) is 0 Å². The molecule has 2 aromatic heterocycles. The Morgan fingerprint density at radius 2 is 2.11 bits per heavy atom. The van der Waals surface area contributed by atoms with E-state index in [4.69, 9.17) is 0 Å². The van der Waals surface area contributed by atoms with Crippen molar-refractivity contribution in [3.8, 4) is 0 Å². The van der Waals surface area contributed by atoms with E-state index in [2.05, 4.69) is 0 Å². The Morgan fingerprint density at radius 1 is 1.32 bits per heavy atom. The molecule has 0 bridgehead atoms. The molecule has 0 spiro atoms. The zero-order chi connectivity index (χ0) is 13.5. The van der Waals surface area contributed by atoms with Crippen LogP contribution < -0.4 is 0 Å². The molecule has 1 saturated carbocycles. The lowest BCUT2D eigenvalue weighted by Gasteiger charge is -2.20. The fourth-order valence-electron chi connectivity index (χ4n) is 2.00. The van der Waals surface area contributed by atoms with E-state index in [9.17, 15) is 8.42 Å². The lowest BCUT2D eigenvalue weighted by atomic mass is 10.3. The van der Waals surface area contributed by atoms with Crippen molar-refractivity contribution >= 4 is 32.7 Å². The van der Waals surface area contributed by atoms with E-state index in [0.717, 1.165) is 23.3 Å². The lowest BCUT2D eigenvalue weighted by molar-refractivity contribution is 0.400.